The van der Waals surface area contributed by atoms with Crippen molar-refractivity contribution < 1.29 is 9.53 Å². The van der Waals surface area contributed by atoms with Crippen LogP contribution in [0, 0.1) is 5.92 Å². The van der Waals surface area contributed by atoms with Crippen LogP contribution in [-0.2, 0) is 9.53 Å². The van der Waals surface area contributed by atoms with Crippen LogP contribution in [0.15, 0.2) is 0 Å². The monoisotopic (exact) mass is 239 g/mol. The fraction of sp³-hybridized carbons (Fsp3) is 0.929. The number of carbonyl (C=O) groups is 1. The molecule has 98 valence electrons. The maximum Gasteiger partial charge on any atom is 0.140 e. The highest BCUT2D eigenvalue weighted by Crippen LogP contribution is 2.43. The highest BCUT2D eigenvalue weighted by atomic mass is 16.5. The molecule has 3 heteroatoms. The summed E-state index contributed by atoms with van der Waals surface area (Å²) in [6.07, 6.45) is 3.87. The van der Waals surface area contributed by atoms with E-state index in [-0.39, 0.29) is 17.1 Å². The molecule has 2 unspecified atom stereocenters. The van der Waals surface area contributed by atoms with Crippen LogP contribution in [0.4, 0.5) is 0 Å². The third kappa shape index (κ3) is 2.89. The van der Waals surface area contributed by atoms with Crippen molar-refractivity contribution in [3.63, 3.8) is 0 Å². The molecule has 2 aliphatic heterocycles. The van der Waals surface area contributed by atoms with E-state index in [1.165, 1.54) is 6.42 Å². The molecule has 0 aromatic heterocycles. The Labute approximate surface area is 104 Å². The summed E-state index contributed by atoms with van der Waals surface area (Å²) in [7, 11) is 0. The number of hydrogen-bond donors (Lipinski definition) is 1. The molecule has 2 aliphatic rings. The van der Waals surface area contributed by atoms with Crippen LogP contribution in [-0.4, -0.2) is 29.6 Å². The molecule has 0 aromatic carbocycles. The second-order valence-electron chi connectivity index (χ2n) is 6.69. The van der Waals surface area contributed by atoms with Gasteiger partial charge in [0.25, 0.3) is 0 Å². The minimum Gasteiger partial charge on any atom is -0.369 e. The molecule has 0 bridgehead atoms. The SMILES string of the molecule is CC1(C)CC(C(=O)CC2CCCN2)C(C)(C)O1. The van der Waals surface area contributed by atoms with Gasteiger partial charge in [-0.3, -0.25) is 4.79 Å². The zero-order valence-corrected chi connectivity index (χ0v) is 11.5. The highest BCUT2D eigenvalue weighted by Gasteiger charge is 2.49. The zero-order valence-electron chi connectivity index (χ0n) is 11.5. The van der Waals surface area contributed by atoms with E-state index in [1.54, 1.807) is 0 Å². The summed E-state index contributed by atoms with van der Waals surface area (Å²) in [5.41, 5.74) is -0.466. The Morgan fingerprint density at radius 3 is 2.53 bits per heavy atom. The van der Waals surface area contributed by atoms with E-state index < -0.39 is 0 Å². The Morgan fingerprint density at radius 1 is 1.35 bits per heavy atom. The zero-order chi connectivity index (χ0) is 12.7. The molecular weight excluding hydrogens is 214 g/mol. The van der Waals surface area contributed by atoms with Crippen molar-refractivity contribution in [3.05, 3.63) is 0 Å². The lowest BCUT2D eigenvalue weighted by Gasteiger charge is -2.27. The van der Waals surface area contributed by atoms with Crippen LogP contribution >= 0.6 is 0 Å². The van der Waals surface area contributed by atoms with Crippen molar-refractivity contribution in [2.45, 2.75) is 70.6 Å². The van der Waals surface area contributed by atoms with Crippen molar-refractivity contribution in [2.24, 2.45) is 5.92 Å². The molecule has 3 nitrogen and oxygen atoms in total. The number of rotatable bonds is 3. The number of Topliss-reactive ketones (excluding diaryl/α,β-unsaturated/α-hetero) is 1. The molecule has 0 radical (unpaired) electrons. The third-order valence-corrected chi connectivity index (χ3v) is 4.07. The number of hydrogen-bond acceptors (Lipinski definition) is 3. The molecule has 0 aliphatic carbocycles. The molecule has 17 heavy (non-hydrogen) atoms. The average molecular weight is 239 g/mol. The first-order valence-corrected chi connectivity index (χ1v) is 6.76. The van der Waals surface area contributed by atoms with Gasteiger partial charge in [-0.05, 0) is 53.5 Å². The number of nitrogens with one attached hydrogen (secondary N) is 1. The van der Waals surface area contributed by atoms with Gasteiger partial charge in [-0.25, -0.2) is 0 Å². The van der Waals surface area contributed by atoms with Gasteiger partial charge < -0.3 is 10.1 Å². The maximum absolute atomic E-state index is 12.4. The lowest BCUT2D eigenvalue weighted by molar-refractivity contribution is -0.129. The summed E-state index contributed by atoms with van der Waals surface area (Å²) in [5, 5.41) is 3.40. The first-order valence-electron chi connectivity index (χ1n) is 6.76. The second-order valence-corrected chi connectivity index (χ2v) is 6.69. The van der Waals surface area contributed by atoms with Crippen LogP contribution in [0.2, 0.25) is 0 Å². The molecule has 0 saturated carbocycles. The summed E-state index contributed by atoms with van der Waals surface area (Å²) in [5.74, 6) is 0.430. The fourth-order valence-electron chi connectivity index (χ4n) is 3.38. The summed E-state index contributed by atoms with van der Waals surface area (Å²) < 4.78 is 5.99. The third-order valence-electron chi connectivity index (χ3n) is 4.07. The Balaban J connectivity index is 1.99. The van der Waals surface area contributed by atoms with E-state index >= 15 is 0 Å². The van der Waals surface area contributed by atoms with Crippen LogP contribution in [0.25, 0.3) is 0 Å². The molecule has 2 fully saturated rings. The topological polar surface area (TPSA) is 38.3 Å². The van der Waals surface area contributed by atoms with E-state index in [9.17, 15) is 4.79 Å². The summed E-state index contributed by atoms with van der Waals surface area (Å²) >= 11 is 0. The van der Waals surface area contributed by atoms with Crippen LogP contribution in [0.3, 0.4) is 0 Å². The largest absolute Gasteiger partial charge is 0.369 e. The molecule has 0 aromatic rings. The van der Waals surface area contributed by atoms with Gasteiger partial charge in [0.2, 0.25) is 0 Å². The van der Waals surface area contributed by atoms with Crippen LogP contribution in [0.5, 0.6) is 0 Å². The summed E-state index contributed by atoms with van der Waals surface area (Å²) in [6.45, 7) is 9.32. The van der Waals surface area contributed by atoms with Crippen molar-refractivity contribution >= 4 is 5.78 Å². The summed E-state index contributed by atoms with van der Waals surface area (Å²) in [4.78, 5) is 12.4. The predicted octanol–water partition coefficient (Wildman–Crippen LogP) is 2.29. The van der Waals surface area contributed by atoms with Gasteiger partial charge >= 0.3 is 0 Å². The molecule has 0 spiro atoms. The van der Waals surface area contributed by atoms with Gasteiger partial charge in [0.1, 0.15) is 5.78 Å². The van der Waals surface area contributed by atoms with E-state index in [0.717, 1.165) is 19.4 Å². The van der Waals surface area contributed by atoms with Crippen molar-refractivity contribution in [1.29, 1.82) is 0 Å². The van der Waals surface area contributed by atoms with Crippen molar-refractivity contribution in [2.75, 3.05) is 6.54 Å². The second kappa shape index (κ2) is 4.36. The summed E-state index contributed by atoms with van der Waals surface area (Å²) in [6, 6.07) is 0.405. The van der Waals surface area contributed by atoms with Crippen molar-refractivity contribution in [1.82, 2.24) is 5.32 Å². The van der Waals surface area contributed by atoms with Gasteiger partial charge in [0.05, 0.1) is 11.2 Å². The van der Waals surface area contributed by atoms with Crippen LogP contribution < -0.4 is 5.32 Å². The number of ether oxygens (including phenoxy) is 1. The minimum absolute atomic E-state index is 0.0555. The maximum atomic E-state index is 12.4. The Bertz CT molecular complexity index is 303. The first kappa shape index (κ1) is 13.0. The van der Waals surface area contributed by atoms with Gasteiger partial charge in [-0.1, -0.05) is 0 Å². The van der Waals surface area contributed by atoms with Gasteiger partial charge in [-0.2, -0.15) is 0 Å². The fourth-order valence-corrected chi connectivity index (χ4v) is 3.38. The highest BCUT2D eigenvalue weighted by molar-refractivity contribution is 5.83. The first-order chi connectivity index (χ1) is 7.80. The lowest BCUT2D eigenvalue weighted by Crippen LogP contribution is -2.36. The lowest BCUT2D eigenvalue weighted by atomic mass is 9.82. The van der Waals surface area contributed by atoms with Crippen LogP contribution in [0.1, 0.15) is 53.4 Å². The molecule has 2 heterocycles. The Kier molecular flexibility index (Phi) is 3.34. The predicted molar refractivity (Wildman–Crippen MR) is 68.0 cm³/mol. The normalized spacial score (nSPS) is 35.1. The van der Waals surface area contributed by atoms with E-state index in [2.05, 4.69) is 19.2 Å². The van der Waals surface area contributed by atoms with E-state index in [4.69, 9.17) is 4.74 Å². The minimum atomic E-state index is -0.306. The molecule has 1 N–H and O–H groups in total. The molecule has 2 rings (SSSR count). The molecular formula is C14H25NO2. The number of carbonyl (C=O) groups excluding carboxylic acids is 1. The van der Waals surface area contributed by atoms with Gasteiger partial charge in [-0.15, -0.1) is 0 Å². The standard InChI is InChI=1S/C14H25NO2/c1-13(2)9-11(14(3,4)17-13)12(16)8-10-6-5-7-15-10/h10-11,15H,5-9H2,1-4H3. The average Bonchev–Trinajstić information content (AvgIpc) is 2.71. The van der Waals surface area contributed by atoms with Crippen molar-refractivity contribution in [3.8, 4) is 0 Å². The van der Waals surface area contributed by atoms with E-state index in [1.807, 2.05) is 13.8 Å². The van der Waals surface area contributed by atoms with E-state index in [0.29, 0.717) is 18.2 Å². The smallest absolute Gasteiger partial charge is 0.140 e. The van der Waals surface area contributed by atoms with Gasteiger partial charge in [0, 0.05) is 18.4 Å². The Morgan fingerprint density at radius 2 is 2.06 bits per heavy atom. The quantitative estimate of drug-likeness (QED) is 0.821. The van der Waals surface area contributed by atoms with Gasteiger partial charge in [0.15, 0.2) is 0 Å². The molecule has 2 saturated heterocycles. The molecule has 2 atom stereocenters. The molecule has 0 amide bonds. The number of ketones is 1. The Hall–Kier alpha value is -0.410.